The summed E-state index contributed by atoms with van der Waals surface area (Å²) >= 11 is 0. The van der Waals surface area contributed by atoms with Gasteiger partial charge in [0.05, 0.1) is 11.5 Å². The molecular formula is C23H30N8O. The Kier molecular flexibility index (Phi) is 6.15. The molecule has 2 aromatic heterocycles. The average molecular weight is 435 g/mol. The molecule has 0 saturated carbocycles. The summed E-state index contributed by atoms with van der Waals surface area (Å²) in [4.78, 5) is 24.4. The van der Waals surface area contributed by atoms with E-state index < -0.39 is 0 Å². The second kappa shape index (κ2) is 9.01. The van der Waals surface area contributed by atoms with Crippen molar-refractivity contribution < 1.29 is 0 Å². The van der Waals surface area contributed by atoms with Crippen molar-refractivity contribution in [3.8, 4) is 6.07 Å². The van der Waals surface area contributed by atoms with Gasteiger partial charge in [-0.05, 0) is 50.8 Å². The fourth-order valence-corrected chi connectivity index (χ4v) is 5.03. The van der Waals surface area contributed by atoms with Crippen molar-refractivity contribution in [1.82, 2.24) is 14.5 Å². The molecule has 2 bridgehead atoms. The summed E-state index contributed by atoms with van der Waals surface area (Å²) < 4.78 is 1.54. The summed E-state index contributed by atoms with van der Waals surface area (Å²) in [5.74, 6) is 1.25. The van der Waals surface area contributed by atoms with Crippen molar-refractivity contribution in [3.63, 3.8) is 0 Å². The van der Waals surface area contributed by atoms with Crippen molar-refractivity contribution >= 4 is 28.2 Å². The zero-order valence-electron chi connectivity index (χ0n) is 18.6. The number of piperidine rings is 1. The molecule has 32 heavy (non-hydrogen) atoms. The van der Waals surface area contributed by atoms with Crippen molar-refractivity contribution in [2.75, 3.05) is 11.9 Å². The van der Waals surface area contributed by atoms with Gasteiger partial charge in [0.1, 0.15) is 11.7 Å². The van der Waals surface area contributed by atoms with Gasteiger partial charge in [0.25, 0.3) is 5.56 Å². The molecule has 4 heterocycles. The van der Waals surface area contributed by atoms with E-state index in [2.05, 4.69) is 21.3 Å². The summed E-state index contributed by atoms with van der Waals surface area (Å²) in [6, 6.07) is 7.04. The molecule has 9 heteroatoms. The minimum atomic E-state index is -0.111. The quantitative estimate of drug-likeness (QED) is 0.467. The number of anilines is 1. The van der Waals surface area contributed by atoms with Crippen molar-refractivity contribution in [2.24, 2.45) is 23.5 Å². The van der Waals surface area contributed by atoms with Crippen LogP contribution >= 0.6 is 0 Å². The van der Waals surface area contributed by atoms with Gasteiger partial charge < -0.3 is 21.4 Å². The van der Waals surface area contributed by atoms with Crippen LogP contribution < -0.4 is 22.3 Å². The maximum Gasteiger partial charge on any atom is 0.258 e. The lowest BCUT2D eigenvalue weighted by atomic mass is 9.97. The summed E-state index contributed by atoms with van der Waals surface area (Å²) in [5.41, 5.74) is 12.1. The number of aryl methyl sites for hydroxylation is 1. The van der Waals surface area contributed by atoms with E-state index in [4.69, 9.17) is 21.7 Å². The maximum atomic E-state index is 12.8. The Morgan fingerprint density at radius 2 is 2.06 bits per heavy atom. The van der Waals surface area contributed by atoms with Crippen LogP contribution in [0.5, 0.6) is 0 Å². The Hall–Kier alpha value is -3.38. The molecule has 5 N–H and O–H groups in total. The van der Waals surface area contributed by atoms with E-state index in [0.717, 1.165) is 37.6 Å². The molecule has 1 unspecified atom stereocenters. The number of nitrogens with one attached hydrogen (secondary N) is 1. The number of fused-ring (bicyclic) bond motifs is 3. The molecule has 9 nitrogen and oxygen atoms in total. The lowest BCUT2D eigenvalue weighted by Crippen LogP contribution is -2.47. The molecule has 0 radical (unpaired) electrons. The van der Waals surface area contributed by atoms with Gasteiger partial charge in [-0.2, -0.15) is 5.26 Å². The van der Waals surface area contributed by atoms with Gasteiger partial charge in [-0.3, -0.25) is 9.69 Å². The number of hydrogen-bond acceptors (Lipinski definition) is 7. The molecule has 168 valence electrons. The molecule has 2 aliphatic heterocycles. The molecular weight excluding hydrogens is 404 g/mol. The fourth-order valence-electron chi connectivity index (χ4n) is 5.03. The molecule has 2 aliphatic rings. The summed E-state index contributed by atoms with van der Waals surface area (Å²) in [7, 11) is 1.72. The molecule has 0 aromatic carbocycles. The van der Waals surface area contributed by atoms with Gasteiger partial charge in [0.2, 0.25) is 0 Å². The van der Waals surface area contributed by atoms with E-state index in [1.807, 2.05) is 6.07 Å². The highest BCUT2D eigenvalue weighted by molar-refractivity contribution is 5.96. The predicted molar refractivity (Wildman–Crippen MR) is 127 cm³/mol. The first-order valence-electron chi connectivity index (χ1n) is 11.0. The van der Waals surface area contributed by atoms with Crippen LogP contribution in [0.2, 0.25) is 0 Å². The molecule has 0 amide bonds. The first-order chi connectivity index (χ1) is 15.4. The number of hydrogen-bond donors (Lipinski definition) is 3. The van der Waals surface area contributed by atoms with Gasteiger partial charge in [-0.1, -0.05) is 0 Å². The number of rotatable bonds is 6. The van der Waals surface area contributed by atoms with E-state index in [1.165, 1.54) is 0 Å². The van der Waals surface area contributed by atoms with Crippen LogP contribution in [0, 0.1) is 11.3 Å². The van der Waals surface area contributed by atoms with Crippen molar-refractivity contribution in [3.05, 3.63) is 40.5 Å². The SMILES string of the molecule is C/C(N)=C/C(N)=Nc1cc2c(=O)n(C)ccc2c(NC2C[C@H]3CC[C@@H](C2)N3CCC#N)n1. The van der Waals surface area contributed by atoms with E-state index in [-0.39, 0.29) is 17.4 Å². The molecule has 4 rings (SSSR count). The van der Waals surface area contributed by atoms with Gasteiger partial charge in [-0.15, -0.1) is 0 Å². The zero-order chi connectivity index (χ0) is 22.8. The second-order valence-corrected chi connectivity index (χ2v) is 8.79. The monoisotopic (exact) mass is 434 g/mol. The third kappa shape index (κ3) is 4.46. The summed E-state index contributed by atoms with van der Waals surface area (Å²) in [6.07, 6.45) is 8.18. The standard InChI is InChI=1S/C23H30N8O/c1-14(25)10-20(26)28-21-13-19-18(6-9-30(2)23(19)32)22(29-21)27-15-11-16-4-5-17(12-15)31(16)8-3-7-24/h6,9-10,13,15-17H,3-5,8,11-12,25H2,1-2H3,(H3,26,27,28,29)/b14-10-/t15?,16-,17+. The number of aromatic nitrogens is 2. The number of allylic oxidation sites excluding steroid dienone is 1. The van der Waals surface area contributed by atoms with Gasteiger partial charge in [0, 0.05) is 55.4 Å². The average Bonchev–Trinajstić information content (AvgIpc) is 2.96. The molecule has 2 aromatic rings. The van der Waals surface area contributed by atoms with Crippen LogP contribution in [0.3, 0.4) is 0 Å². The highest BCUT2D eigenvalue weighted by Crippen LogP contribution is 2.37. The van der Waals surface area contributed by atoms with Crippen LogP contribution in [0.15, 0.2) is 39.9 Å². The normalized spacial score (nSPS) is 24.0. The number of amidine groups is 1. The lowest BCUT2D eigenvalue weighted by Gasteiger charge is -2.39. The lowest BCUT2D eigenvalue weighted by molar-refractivity contribution is 0.136. The topological polar surface area (TPSA) is 138 Å². The highest BCUT2D eigenvalue weighted by Gasteiger charge is 2.40. The molecule has 0 aliphatic carbocycles. The first kappa shape index (κ1) is 21.8. The smallest absolute Gasteiger partial charge is 0.258 e. The third-order valence-electron chi connectivity index (χ3n) is 6.39. The maximum absolute atomic E-state index is 12.8. The van der Waals surface area contributed by atoms with E-state index in [1.54, 1.807) is 36.9 Å². The Labute approximate surface area is 187 Å². The Morgan fingerprint density at radius 3 is 2.72 bits per heavy atom. The van der Waals surface area contributed by atoms with E-state index >= 15 is 0 Å². The Balaban J connectivity index is 1.66. The minimum absolute atomic E-state index is 0.111. The van der Waals surface area contributed by atoms with Crippen LogP contribution in [-0.4, -0.2) is 45.0 Å². The molecule has 0 spiro atoms. The van der Waals surface area contributed by atoms with Gasteiger partial charge in [-0.25, -0.2) is 9.98 Å². The van der Waals surface area contributed by atoms with Gasteiger partial charge >= 0.3 is 0 Å². The van der Waals surface area contributed by atoms with Crippen LogP contribution in [0.4, 0.5) is 11.6 Å². The number of pyridine rings is 2. The third-order valence-corrected chi connectivity index (χ3v) is 6.39. The predicted octanol–water partition coefficient (Wildman–Crippen LogP) is 2.11. The Morgan fingerprint density at radius 1 is 1.34 bits per heavy atom. The van der Waals surface area contributed by atoms with Crippen LogP contribution in [0.25, 0.3) is 10.8 Å². The second-order valence-electron chi connectivity index (χ2n) is 8.79. The first-order valence-corrected chi connectivity index (χ1v) is 11.0. The number of nitrogens with zero attached hydrogens (tertiary/aromatic N) is 5. The molecule has 2 saturated heterocycles. The van der Waals surface area contributed by atoms with E-state index in [0.29, 0.717) is 41.2 Å². The fraction of sp³-hybridized carbons (Fsp3) is 0.478. The number of nitriles is 1. The summed E-state index contributed by atoms with van der Waals surface area (Å²) in [5, 5.41) is 13.9. The van der Waals surface area contributed by atoms with Crippen LogP contribution in [0.1, 0.15) is 39.0 Å². The summed E-state index contributed by atoms with van der Waals surface area (Å²) in [6.45, 7) is 2.57. The molecule has 3 atom stereocenters. The number of nitrogens with two attached hydrogens (primary N) is 2. The van der Waals surface area contributed by atoms with Crippen molar-refractivity contribution in [2.45, 2.75) is 57.2 Å². The van der Waals surface area contributed by atoms with E-state index in [9.17, 15) is 4.79 Å². The number of aliphatic imine (C=N–C) groups is 1. The largest absolute Gasteiger partial charge is 0.402 e. The molecule has 2 fully saturated rings. The Bertz CT molecular complexity index is 1160. The van der Waals surface area contributed by atoms with Crippen LogP contribution in [-0.2, 0) is 7.05 Å². The minimum Gasteiger partial charge on any atom is -0.402 e. The zero-order valence-corrected chi connectivity index (χ0v) is 18.6. The highest BCUT2D eigenvalue weighted by atomic mass is 16.1. The van der Waals surface area contributed by atoms with Crippen molar-refractivity contribution in [1.29, 1.82) is 5.26 Å². The van der Waals surface area contributed by atoms with Gasteiger partial charge in [0.15, 0.2) is 5.82 Å².